The first kappa shape index (κ1) is 23.5. The van der Waals surface area contributed by atoms with Crippen LogP contribution in [0.4, 0.5) is 17.6 Å². The number of halogens is 4. The van der Waals surface area contributed by atoms with Gasteiger partial charge >= 0.3 is 6.18 Å². The Morgan fingerprint density at radius 1 is 1.04 bits per heavy atom. The summed E-state index contributed by atoms with van der Waals surface area (Å²) in [5.41, 5.74) is 6.11. The van der Waals surface area contributed by atoms with E-state index in [1.165, 1.54) is 18.2 Å². The summed E-state index contributed by atoms with van der Waals surface area (Å²) < 4.78 is 49.0. The van der Waals surface area contributed by atoms with Gasteiger partial charge in [-0.05, 0) is 36.1 Å². The second-order valence-corrected chi connectivity index (χ2v) is 5.36. The summed E-state index contributed by atoms with van der Waals surface area (Å²) >= 11 is 0. The molecule has 0 saturated heterocycles. The normalized spacial score (nSPS) is 10.3. The molecule has 2 nitrogen and oxygen atoms in total. The van der Waals surface area contributed by atoms with E-state index in [0.717, 1.165) is 23.0 Å². The second kappa shape index (κ2) is 12.0. The summed E-state index contributed by atoms with van der Waals surface area (Å²) in [6.07, 6.45) is -4.24. The highest BCUT2D eigenvalue weighted by Crippen LogP contribution is 2.28. The molecule has 2 aromatic rings. The minimum Gasteiger partial charge on any atom is -0.326 e. The lowest BCUT2D eigenvalue weighted by Gasteiger charge is -2.06. The Kier molecular flexibility index (Phi) is 11.2. The van der Waals surface area contributed by atoms with Crippen LogP contribution in [0.25, 0.3) is 0 Å². The molecule has 0 aliphatic heterocycles. The van der Waals surface area contributed by atoms with E-state index in [0.29, 0.717) is 12.1 Å². The average Bonchev–Trinajstić information content (AvgIpc) is 2.57. The first-order valence-corrected chi connectivity index (χ1v) is 8.41. The molecule has 0 spiro atoms. The van der Waals surface area contributed by atoms with Gasteiger partial charge in [0.05, 0.1) is 5.56 Å². The third kappa shape index (κ3) is 8.43. The molecule has 3 N–H and O–H groups in total. The fraction of sp³-hybridized carbons (Fsp3) is 0.333. The van der Waals surface area contributed by atoms with Crippen LogP contribution in [-0.2, 0) is 19.3 Å². The Morgan fingerprint density at radius 2 is 1.60 bits per heavy atom. The lowest BCUT2D eigenvalue weighted by Crippen LogP contribution is -2.09. The van der Waals surface area contributed by atoms with Crippen molar-refractivity contribution in [1.29, 1.82) is 0 Å². The van der Waals surface area contributed by atoms with Gasteiger partial charge < -0.3 is 11.1 Å². The summed E-state index contributed by atoms with van der Waals surface area (Å²) in [6.45, 7) is 4.84. The van der Waals surface area contributed by atoms with Gasteiger partial charge in [-0.25, -0.2) is 4.39 Å². The van der Waals surface area contributed by atoms with E-state index < -0.39 is 11.7 Å². The molecule has 2 aromatic carbocycles. The van der Waals surface area contributed by atoms with Gasteiger partial charge in [-0.1, -0.05) is 38.1 Å². The lowest BCUT2D eigenvalue weighted by molar-refractivity contribution is -0.137. The van der Waals surface area contributed by atoms with Gasteiger partial charge in [0, 0.05) is 18.7 Å². The van der Waals surface area contributed by atoms with E-state index >= 15 is 0 Å². The van der Waals surface area contributed by atoms with Gasteiger partial charge in [-0.15, -0.1) is 9.24 Å². The van der Waals surface area contributed by atoms with E-state index in [-0.39, 0.29) is 12.4 Å². The summed E-state index contributed by atoms with van der Waals surface area (Å²) in [6, 6.07) is 10.0. The molecular weight excluding hydrogens is 351 g/mol. The van der Waals surface area contributed by atoms with Crippen molar-refractivity contribution in [3.63, 3.8) is 0 Å². The molecule has 0 radical (unpaired) electrons. The van der Waals surface area contributed by atoms with Crippen molar-refractivity contribution < 1.29 is 17.6 Å². The van der Waals surface area contributed by atoms with Crippen LogP contribution in [0.5, 0.6) is 0 Å². The predicted octanol–water partition coefficient (Wildman–Crippen LogP) is 4.24. The molecule has 0 aliphatic carbocycles. The maximum atomic E-state index is 12.8. The Morgan fingerprint density at radius 3 is 1.96 bits per heavy atom. The van der Waals surface area contributed by atoms with E-state index in [4.69, 9.17) is 5.73 Å². The number of nitrogens with two attached hydrogens (primary N) is 1. The van der Waals surface area contributed by atoms with Crippen molar-refractivity contribution in [2.24, 2.45) is 5.73 Å². The quantitative estimate of drug-likeness (QED) is 0.621. The highest BCUT2D eigenvalue weighted by molar-refractivity contribution is 7.27. The smallest absolute Gasteiger partial charge is 0.326 e. The van der Waals surface area contributed by atoms with Gasteiger partial charge in [-0.2, -0.15) is 13.2 Å². The summed E-state index contributed by atoms with van der Waals surface area (Å²) in [5.74, 6) is -0.227. The molecule has 0 aromatic heterocycles. The van der Waals surface area contributed by atoms with Crippen molar-refractivity contribution in [3.05, 3.63) is 65.0 Å². The Labute approximate surface area is 149 Å². The minimum absolute atomic E-state index is 0.227. The number of rotatable bonds is 3. The second-order valence-electron chi connectivity index (χ2n) is 4.74. The molecule has 0 amide bonds. The number of nitrogens with one attached hydrogen (secondary N) is 1. The summed E-state index contributed by atoms with van der Waals surface area (Å²) in [5, 5.41) is 3.70. The molecular formula is C18H25F4N2P. The average molecular weight is 376 g/mol. The monoisotopic (exact) mass is 376 g/mol. The predicted molar refractivity (Wildman–Crippen MR) is 99.2 cm³/mol. The molecule has 1 atom stereocenters. The molecule has 1 unspecified atom stereocenters. The highest BCUT2D eigenvalue weighted by Gasteiger charge is 2.29. The van der Waals surface area contributed by atoms with Crippen molar-refractivity contribution >= 4 is 14.5 Å². The van der Waals surface area contributed by atoms with Crippen molar-refractivity contribution in [3.8, 4) is 0 Å². The van der Waals surface area contributed by atoms with Crippen LogP contribution in [0, 0.1) is 5.82 Å². The highest BCUT2D eigenvalue weighted by atomic mass is 31.0. The minimum atomic E-state index is -4.24. The molecule has 0 heterocycles. The van der Waals surface area contributed by atoms with E-state index in [1.807, 2.05) is 19.9 Å². The molecule has 0 fully saturated rings. The number of benzene rings is 2. The number of alkyl halides is 3. The van der Waals surface area contributed by atoms with E-state index in [9.17, 15) is 17.6 Å². The largest absolute Gasteiger partial charge is 0.416 e. The first-order valence-electron chi connectivity index (χ1n) is 7.83. The number of hydrogen-bond acceptors (Lipinski definition) is 2. The topological polar surface area (TPSA) is 38.0 Å². The molecule has 140 valence electrons. The lowest BCUT2D eigenvalue weighted by atomic mass is 10.1. The van der Waals surface area contributed by atoms with Gasteiger partial charge in [0.15, 0.2) is 0 Å². The van der Waals surface area contributed by atoms with Gasteiger partial charge in [-0.3, -0.25) is 0 Å². The third-order valence-corrected chi connectivity index (χ3v) is 3.56. The maximum Gasteiger partial charge on any atom is 0.416 e. The summed E-state index contributed by atoms with van der Waals surface area (Å²) in [4.78, 5) is 0. The van der Waals surface area contributed by atoms with Crippen molar-refractivity contribution in [2.45, 2.75) is 33.1 Å². The van der Waals surface area contributed by atoms with Crippen LogP contribution in [0.15, 0.2) is 42.5 Å². The zero-order chi connectivity index (χ0) is 19.5. The van der Waals surface area contributed by atoms with Crippen LogP contribution in [0.1, 0.15) is 30.5 Å². The number of hydrogen-bond donors (Lipinski definition) is 2. The van der Waals surface area contributed by atoms with Gasteiger partial charge in [0.2, 0.25) is 0 Å². The maximum absolute atomic E-state index is 12.8. The van der Waals surface area contributed by atoms with E-state index in [1.54, 1.807) is 13.1 Å². The van der Waals surface area contributed by atoms with Crippen LogP contribution >= 0.6 is 9.24 Å². The van der Waals surface area contributed by atoms with Gasteiger partial charge in [0.25, 0.3) is 0 Å². The Bertz CT molecular complexity index is 593. The van der Waals surface area contributed by atoms with E-state index in [2.05, 4.69) is 14.6 Å². The molecule has 0 saturated carbocycles. The van der Waals surface area contributed by atoms with Gasteiger partial charge in [0.1, 0.15) is 5.82 Å². The first-order chi connectivity index (χ1) is 11.8. The zero-order valence-electron chi connectivity index (χ0n) is 14.6. The molecule has 0 bridgehead atoms. The fourth-order valence-corrected chi connectivity index (χ4v) is 2.17. The third-order valence-electron chi connectivity index (χ3n) is 3.02. The fourth-order valence-electron chi connectivity index (χ4n) is 1.81. The van der Waals surface area contributed by atoms with Crippen LogP contribution in [-0.4, -0.2) is 7.05 Å². The van der Waals surface area contributed by atoms with Crippen LogP contribution in [0.2, 0.25) is 0 Å². The van der Waals surface area contributed by atoms with Crippen LogP contribution in [0.3, 0.4) is 0 Å². The molecule has 0 aliphatic rings. The van der Waals surface area contributed by atoms with Crippen molar-refractivity contribution in [1.82, 2.24) is 5.32 Å². The standard InChI is InChI=1S/C9H10F3N.C7H9FNP.C2H6/c1-13-6-7-2-4-8(5-3-7)9(10,11)12;8-6-2-1-3-7(10)5(6)4-9;1-2/h2-5,13H,6H2,1H3;1-3H,4,9-10H2;1-2H3. The Hall–Kier alpha value is -1.49. The van der Waals surface area contributed by atoms with Crippen LogP contribution < -0.4 is 16.4 Å². The zero-order valence-corrected chi connectivity index (χ0v) is 15.8. The molecule has 25 heavy (non-hydrogen) atoms. The summed E-state index contributed by atoms with van der Waals surface area (Å²) in [7, 11) is 4.19. The SMILES string of the molecule is CC.CNCc1ccc(C(F)(F)F)cc1.NCc1c(F)cccc1P. The molecule has 7 heteroatoms. The Balaban J connectivity index is 0.000000430. The van der Waals surface area contributed by atoms with Crippen molar-refractivity contribution in [2.75, 3.05) is 7.05 Å². The molecule has 2 rings (SSSR count).